The van der Waals surface area contributed by atoms with E-state index in [1.54, 1.807) is 11.3 Å². The third-order valence-corrected chi connectivity index (χ3v) is 6.02. The van der Waals surface area contributed by atoms with Crippen molar-refractivity contribution in [1.29, 1.82) is 0 Å². The highest BCUT2D eigenvalue weighted by Crippen LogP contribution is 2.25. The molecule has 2 rings (SSSR count). The van der Waals surface area contributed by atoms with Crippen LogP contribution in [0.3, 0.4) is 0 Å². The number of hydrogen-bond acceptors (Lipinski definition) is 3. The minimum absolute atomic E-state index is 0.0529. The van der Waals surface area contributed by atoms with E-state index in [1.807, 2.05) is 19.9 Å². The van der Waals surface area contributed by atoms with Crippen LogP contribution in [0.25, 0.3) is 0 Å². The Bertz CT molecular complexity index is 442. The molecule has 2 nitrogen and oxygen atoms in total. The summed E-state index contributed by atoms with van der Waals surface area (Å²) >= 11 is 1.64. The van der Waals surface area contributed by atoms with E-state index in [2.05, 4.69) is 0 Å². The number of aryl methyl sites for hydroxylation is 2. The molecule has 0 aliphatic heterocycles. The van der Waals surface area contributed by atoms with Crippen LogP contribution in [-0.2, 0) is 10.8 Å². The number of carbonyl (C=O) groups is 1. The van der Waals surface area contributed by atoms with Gasteiger partial charge in [-0.3, -0.25) is 9.00 Å². The standard InChI is InChI=1S/C13H18O2S2/c1-9-7-12(10(2)16-9)13(14)8-17(15)11-5-3-4-6-11/h7,11H,3-6,8H2,1-2H3. The van der Waals surface area contributed by atoms with Gasteiger partial charge in [0, 0.05) is 31.4 Å². The summed E-state index contributed by atoms with van der Waals surface area (Å²) in [5, 5.41) is 0.263. The molecule has 0 spiro atoms. The molecule has 1 aromatic rings. The molecule has 4 heteroatoms. The van der Waals surface area contributed by atoms with Gasteiger partial charge in [0.2, 0.25) is 0 Å². The summed E-state index contributed by atoms with van der Waals surface area (Å²) in [5.74, 6) is 0.263. The molecule has 1 heterocycles. The number of Topliss-reactive ketones (excluding diaryl/α,β-unsaturated/α-hetero) is 1. The Hall–Kier alpha value is -0.480. The van der Waals surface area contributed by atoms with Gasteiger partial charge in [0.05, 0.1) is 5.75 Å². The molecule has 1 fully saturated rings. The highest BCUT2D eigenvalue weighted by Gasteiger charge is 2.24. The summed E-state index contributed by atoms with van der Waals surface area (Å²) in [6.45, 7) is 3.96. The maximum atomic E-state index is 12.1. The van der Waals surface area contributed by atoms with E-state index in [1.165, 1.54) is 12.8 Å². The fraction of sp³-hybridized carbons (Fsp3) is 0.615. The first kappa shape index (κ1) is 13.0. The smallest absolute Gasteiger partial charge is 0.176 e. The second-order valence-corrected chi connectivity index (χ2v) is 7.86. The predicted octanol–water partition coefficient (Wildman–Crippen LogP) is 3.24. The summed E-state index contributed by atoms with van der Waals surface area (Å²) < 4.78 is 12.0. The van der Waals surface area contributed by atoms with E-state index in [9.17, 15) is 9.00 Å². The van der Waals surface area contributed by atoms with Crippen LogP contribution in [0, 0.1) is 13.8 Å². The fourth-order valence-electron chi connectivity index (χ4n) is 2.38. The van der Waals surface area contributed by atoms with Gasteiger partial charge in [0.15, 0.2) is 5.78 Å². The van der Waals surface area contributed by atoms with Crippen molar-refractivity contribution in [2.24, 2.45) is 0 Å². The SMILES string of the molecule is Cc1cc(C(=O)CS(=O)C2CCCC2)c(C)s1. The Balaban J connectivity index is 2.01. The van der Waals surface area contributed by atoms with Crippen LogP contribution in [0.5, 0.6) is 0 Å². The van der Waals surface area contributed by atoms with Crippen molar-refractivity contribution in [3.05, 3.63) is 21.4 Å². The van der Waals surface area contributed by atoms with Crippen LogP contribution >= 0.6 is 11.3 Å². The summed E-state index contributed by atoms with van der Waals surface area (Å²) in [6, 6.07) is 1.92. The van der Waals surface area contributed by atoms with Crippen LogP contribution in [-0.4, -0.2) is 21.0 Å². The van der Waals surface area contributed by atoms with Crippen molar-refractivity contribution in [3.8, 4) is 0 Å². The second kappa shape index (κ2) is 5.44. The Kier molecular flexibility index (Phi) is 4.15. The van der Waals surface area contributed by atoms with Gasteiger partial charge in [-0.05, 0) is 32.8 Å². The molecule has 94 valence electrons. The Morgan fingerprint density at radius 3 is 2.59 bits per heavy atom. The first-order valence-corrected chi connectivity index (χ1v) is 8.25. The Morgan fingerprint density at radius 2 is 2.06 bits per heavy atom. The fourth-order valence-corrected chi connectivity index (χ4v) is 4.83. The molecule has 1 saturated carbocycles. The number of hydrogen-bond donors (Lipinski definition) is 0. The second-order valence-electron chi connectivity index (χ2n) is 4.68. The Labute approximate surface area is 109 Å². The summed E-state index contributed by atoms with van der Waals surface area (Å²) in [4.78, 5) is 14.3. The zero-order valence-corrected chi connectivity index (χ0v) is 12.0. The normalized spacial score (nSPS) is 18.5. The minimum Gasteiger partial charge on any atom is -0.293 e. The Morgan fingerprint density at radius 1 is 1.41 bits per heavy atom. The molecule has 1 atom stereocenters. The number of carbonyl (C=O) groups excluding carboxylic acids is 1. The molecule has 1 aliphatic carbocycles. The highest BCUT2D eigenvalue weighted by molar-refractivity contribution is 7.86. The van der Waals surface area contributed by atoms with Crippen molar-refractivity contribution < 1.29 is 9.00 Å². The summed E-state index contributed by atoms with van der Waals surface area (Å²) in [7, 11) is -0.970. The van der Waals surface area contributed by atoms with Gasteiger partial charge in [0.25, 0.3) is 0 Å². The van der Waals surface area contributed by atoms with E-state index in [0.29, 0.717) is 0 Å². The highest BCUT2D eigenvalue weighted by atomic mass is 32.2. The molecule has 0 bridgehead atoms. The topological polar surface area (TPSA) is 34.1 Å². The van der Waals surface area contributed by atoms with E-state index >= 15 is 0 Å². The van der Waals surface area contributed by atoms with Crippen molar-refractivity contribution in [1.82, 2.24) is 0 Å². The van der Waals surface area contributed by atoms with Gasteiger partial charge < -0.3 is 0 Å². The first-order valence-electron chi connectivity index (χ1n) is 6.05. The van der Waals surface area contributed by atoms with E-state index in [0.717, 1.165) is 28.2 Å². The lowest BCUT2D eigenvalue weighted by molar-refractivity contribution is 0.102. The van der Waals surface area contributed by atoms with E-state index < -0.39 is 10.8 Å². The number of rotatable bonds is 4. The largest absolute Gasteiger partial charge is 0.293 e. The molecule has 1 aromatic heterocycles. The van der Waals surface area contributed by atoms with Crippen LogP contribution in [0.15, 0.2) is 6.07 Å². The average molecular weight is 270 g/mol. The van der Waals surface area contributed by atoms with Crippen LogP contribution in [0.1, 0.15) is 45.8 Å². The van der Waals surface area contributed by atoms with E-state index in [-0.39, 0.29) is 16.8 Å². The van der Waals surface area contributed by atoms with Gasteiger partial charge in [-0.25, -0.2) is 0 Å². The molecule has 1 unspecified atom stereocenters. The zero-order chi connectivity index (χ0) is 12.4. The third kappa shape index (κ3) is 3.05. The minimum atomic E-state index is -0.970. The van der Waals surface area contributed by atoms with Crippen LogP contribution < -0.4 is 0 Å². The van der Waals surface area contributed by atoms with Gasteiger partial charge in [0.1, 0.15) is 0 Å². The van der Waals surface area contributed by atoms with Crippen LogP contribution in [0.2, 0.25) is 0 Å². The monoisotopic (exact) mass is 270 g/mol. The molecule has 0 radical (unpaired) electrons. The molecular weight excluding hydrogens is 252 g/mol. The zero-order valence-electron chi connectivity index (χ0n) is 10.3. The molecule has 0 aromatic carbocycles. The molecule has 0 saturated heterocycles. The number of ketones is 1. The van der Waals surface area contributed by atoms with Crippen molar-refractivity contribution in [3.63, 3.8) is 0 Å². The third-order valence-electron chi connectivity index (χ3n) is 3.29. The lowest BCUT2D eigenvalue weighted by Crippen LogP contribution is -2.19. The molecule has 0 amide bonds. The predicted molar refractivity (Wildman–Crippen MR) is 73.4 cm³/mol. The molecular formula is C13H18O2S2. The lowest BCUT2D eigenvalue weighted by atomic mass is 10.2. The maximum Gasteiger partial charge on any atom is 0.176 e. The van der Waals surface area contributed by atoms with Gasteiger partial charge in [-0.2, -0.15) is 0 Å². The molecule has 1 aliphatic rings. The van der Waals surface area contributed by atoms with E-state index in [4.69, 9.17) is 0 Å². The van der Waals surface area contributed by atoms with Crippen molar-refractivity contribution in [2.75, 3.05) is 5.75 Å². The maximum absolute atomic E-state index is 12.1. The lowest BCUT2D eigenvalue weighted by Gasteiger charge is -2.07. The molecule has 0 N–H and O–H groups in total. The average Bonchev–Trinajstić information content (AvgIpc) is 2.87. The van der Waals surface area contributed by atoms with Gasteiger partial charge in [-0.1, -0.05) is 12.8 Å². The van der Waals surface area contributed by atoms with Gasteiger partial charge >= 0.3 is 0 Å². The first-order chi connectivity index (χ1) is 8.08. The quantitative estimate of drug-likeness (QED) is 0.787. The number of thiophene rings is 1. The summed E-state index contributed by atoms with van der Waals surface area (Å²) in [5.41, 5.74) is 0.777. The van der Waals surface area contributed by atoms with Crippen molar-refractivity contribution in [2.45, 2.75) is 44.8 Å². The summed E-state index contributed by atoms with van der Waals surface area (Å²) in [6.07, 6.45) is 4.39. The van der Waals surface area contributed by atoms with Crippen LogP contribution in [0.4, 0.5) is 0 Å². The van der Waals surface area contributed by atoms with Crippen molar-refractivity contribution >= 4 is 27.9 Å². The van der Waals surface area contributed by atoms with Gasteiger partial charge in [-0.15, -0.1) is 11.3 Å². The molecule has 17 heavy (non-hydrogen) atoms.